The molecule has 20 heavy (non-hydrogen) atoms. The van der Waals surface area contributed by atoms with Gasteiger partial charge in [-0.25, -0.2) is 0 Å². The number of carbonyl (C=O) groups is 1. The van der Waals surface area contributed by atoms with Gasteiger partial charge < -0.3 is 20.5 Å². The molecule has 0 atom stereocenters. The molecule has 1 aromatic carbocycles. The Hall–Kier alpha value is -2.70. The molecule has 1 amide bonds. The average Bonchev–Trinajstić information content (AvgIpc) is 2.83. The van der Waals surface area contributed by atoms with E-state index in [0.717, 1.165) is 0 Å². The van der Waals surface area contributed by atoms with Crippen molar-refractivity contribution in [3.8, 4) is 11.5 Å². The molecule has 1 aromatic heterocycles. The van der Waals surface area contributed by atoms with Gasteiger partial charge >= 0.3 is 0 Å². The molecule has 0 saturated carbocycles. The summed E-state index contributed by atoms with van der Waals surface area (Å²) >= 11 is 0. The van der Waals surface area contributed by atoms with E-state index in [2.05, 4.69) is 10.4 Å². The van der Waals surface area contributed by atoms with Crippen molar-refractivity contribution in [3.63, 3.8) is 0 Å². The Morgan fingerprint density at radius 2 is 2.15 bits per heavy atom. The summed E-state index contributed by atoms with van der Waals surface area (Å²) in [4.78, 5) is 11.9. The van der Waals surface area contributed by atoms with Crippen LogP contribution < -0.4 is 20.5 Å². The van der Waals surface area contributed by atoms with Gasteiger partial charge in [0.25, 0.3) is 0 Å². The third-order valence-corrected chi connectivity index (χ3v) is 2.78. The fourth-order valence-electron chi connectivity index (χ4n) is 1.93. The molecule has 3 N–H and O–H groups in total. The Labute approximate surface area is 115 Å². The molecule has 1 aliphatic rings. The monoisotopic (exact) mass is 274 g/mol. The lowest BCUT2D eigenvalue weighted by Crippen LogP contribution is -2.19. The maximum absolute atomic E-state index is 11.9. The zero-order chi connectivity index (χ0) is 13.9. The Balaban J connectivity index is 1.66. The van der Waals surface area contributed by atoms with Crippen LogP contribution in [0.2, 0.25) is 0 Å². The highest BCUT2D eigenvalue weighted by atomic mass is 16.6. The van der Waals surface area contributed by atoms with Gasteiger partial charge in [0.2, 0.25) is 5.91 Å². The van der Waals surface area contributed by atoms with E-state index >= 15 is 0 Å². The lowest BCUT2D eigenvalue weighted by molar-refractivity contribution is -0.116. The first-order valence-corrected chi connectivity index (χ1v) is 6.18. The minimum absolute atomic E-state index is 0.103. The zero-order valence-corrected chi connectivity index (χ0v) is 10.7. The number of ether oxygens (including phenoxy) is 2. The molecule has 0 bridgehead atoms. The summed E-state index contributed by atoms with van der Waals surface area (Å²) in [5.41, 5.74) is 6.72. The molecule has 0 unspecified atom stereocenters. The largest absolute Gasteiger partial charge is 0.486 e. The predicted octanol–water partition coefficient (Wildman–Crippen LogP) is 0.875. The predicted molar refractivity (Wildman–Crippen MR) is 72.7 cm³/mol. The molecule has 0 radical (unpaired) electrons. The topological polar surface area (TPSA) is 91.4 Å². The van der Waals surface area contributed by atoms with Crippen LogP contribution in [0.5, 0.6) is 11.5 Å². The summed E-state index contributed by atoms with van der Waals surface area (Å²) in [7, 11) is 0. The summed E-state index contributed by atoms with van der Waals surface area (Å²) < 4.78 is 12.3. The summed E-state index contributed by atoms with van der Waals surface area (Å²) in [6.07, 6.45) is 3.10. The van der Waals surface area contributed by atoms with Crippen LogP contribution in [0.15, 0.2) is 30.6 Å². The molecule has 1 aliphatic heterocycles. The average molecular weight is 274 g/mol. The third-order valence-electron chi connectivity index (χ3n) is 2.78. The Bertz CT molecular complexity index is 638. The third kappa shape index (κ3) is 2.66. The molecule has 3 rings (SSSR count). The maximum atomic E-state index is 11.9. The van der Waals surface area contributed by atoms with Gasteiger partial charge in [-0.1, -0.05) is 0 Å². The van der Waals surface area contributed by atoms with E-state index in [9.17, 15) is 4.79 Å². The minimum atomic E-state index is -0.190. The molecule has 2 aromatic rings. The number of anilines is 2. The van der Waals surface area contributed by atoms with Crippen LogP contribution in [0.3, 0.4) is 0 Å². The molecule has 0 aliphatic carbocycles. The lowest BCUT2D eigenvalue weighted by Gasteiger charge is -2.19. The van der Waals surface area contributed by atoms with Crippen molar-refractivity contribution >= 4 is 17.3 Å². The highest BCUT2D eigenvalue weighted by Crippen LogP contribution is 2.32. The van der Waals surface area contributed by atoms with Crippen molar-refractivity contribution in [1.82, 2.24) is 9.78 Å². The number of hydrogen-bond acceptors (Lipinski definition) is 5. The standard InChI is InChI=1S/C13H14N4O3/c14-9-6-15-17(7-9)8-13(18)16-10-1-2-11-12(5-10)20-4-3-19-11/h1-2,5-7H,3-4,8,14H2,(H,16,18). The van der Waals surface area contributed by atoms with E-state index in [-0.39, 0.29) is 12.5 Å². The second kappa shape index (κ2) is 5.12. The van der Waals surface area contributed by atoms with E-state index in [4.69, 9.17) is 15.2 Å². The molecule has 0 fully saturated rings. The molecule has 2 heterocycles. The lowest BCUT2D eigenvalue weighted by atomic mass is 10.2. The van der Waals surface area contributed by atoms with E-state index in [1.54, 1.807) is 24.4 Å². The summed E-state index contributed by atoms with van der Waals surface area (Å²) in [5.74, 6) is 1.14. The SMILES string of the molecule is Nc1cnn(CC(=O)Nc2ccc3c(c2)OCCO3)c1. The van der Waals surface area contributed by atoms with Crippen molar-refractivity contribution in [2.24, 2.45) is 0 Å². The number of carbonyl (C=O) groups excluding carboxylic acids is 1. The van der Waals surface area contributed by atoms with Gasteiger partial charge in [-0.05, 0) is 12.1 Å². The molecule has 104 valence electrons. The summed E-state index contributed by atoms with van der Waals surface area (Å²) in [6.45, 7) is 1.15. The second-order valence-electron chi connectivity index (χ2n) is 4.38. The van der Waals surface area contributed by atoms with E-state index in [0.29, 0.717) is 36.1 Å². The molecule has 7 heteroatoms. The highest BCUT2D eigenvalue weighted by molar-refractivity contribution is 5.90. The van der Waals surface area contributed by atoms with Crippen molar-refractivity contribution in [2.75, 3.05) is 24.3 Å². The normalized spacial score (nSPS) is 13.0. The molecule has 0 spiro atoms. The number of amides is 1. The van der Waals surface area contributed by atoms with Crippen LogP contribution in [-0.4, -0.2) is 28.9 Å². The minimum Gasteiger partial charge on any atom is -0.486 e. The summed E-state index contributed by atoms with van der Waals surface area (Å²) in [5, 5.41) is 6.73. The van der Waals surface area contributed by atoms with E-state index < -0.39 is 0 Å². The van der Waals surface area contributed by atoms with Gasteiger partial charge in [-0.15, -0.1) is 0 Å². The number of nitrogen functional groups attached to an aromatic ring is 1. The Morgan fingerprint density at radius 3 is 2.90 bits per heavy atom. The van der Waals surface area contributed by atoms with Gasteiger partial charge in [-0.3, -0.25) is 9.48 Å². The van der Waals surface area contributed by atoms with Gasteiger partial charge in [-0.2, -0.15) is 5.10 Å². The first-order valence-electron chi connectivity index (χ1n) is 6.18. The zero-order valence-electron chi connectivity index (χ0n) is 10.7. The molecule has 7 nitrogen and oxygen atoms in total. The summed E-state index contributed by atoms with van der Waals surface area (Å²) in [6, 6.07) is 5.28. The van der Waals surface area contributed by atoms with Crippen molar-refractivity contribution in [3.05, 3.63) is 30.6 Å². The van der Waals surface area contributed by atoms with E-state index in [1.807, 2.05) is 0 Å². The van der Waals surface area contributed by atoms with Gasteiger partial charge in [0.15, 0.2) is 11.5 Å². The number of aromatic nitrogens is 2. The number of rotatable bonds is 3. The highest BCUT2D eigenvalue weighted by Gasteiger charge is 2.13. The Morgan fingerprint density at radius 1 is 1.35 bits per heavy atom. The van der Waals surface area contributed by atoms with Crippen molar-refractivity contribution in [2.45, 2.75) is 6.54 Å². The number of nitrogens with two attached hydrogens (primary N) is 1. The second-order valence-corrected chi connectivity index (χ2v) is 4.38. The van der Waals surface area contributed by atoms with Gasteiger partial charge in [0.1, 0.15) is 19.8 Å². The van der Waals surface area contributed by atoms with Crippen molar-refractivity contribution < 1.29 is 14.3 Å². The maximum Gasteiger partial charge on any atom is 0.246 e. The molecule has 0 saturated heterocycles. The smallest absolute Gasteiger partial charge is 0.246 e. The quantitative estimate of drug-likeness (QED) is 0.866. The van der Waals surface area contributed by atoms with E-state index in [1.165, 1.54) is 10.9 Å². The number of hydrogen-bond donors (Lipinski definition) is 2. The van der Waals surface area contributed by atoms with Crippen molar-refractivity contribution in [1.29, 1.82) is 0 Å². The fourth-order valence-corrected chi connectivity index (χ4v) is 1.93. The number of nitrogens with zero attached hydrogens (tertiary/aromatic N) is 2. The number of nitrogens with one attached hydrogen (secondary N) is 1. The van der Waals surface area contributed by atoms with Crippen LogP contribution in [-0.2, 0) is 11.3 Å². The van der Waals surface area contributed by atoms with Crippen LogP contribution in [0.25, 0.3) is 0 Å². The fraction of sp³-hybridized carbons (Fsp3) is 0.231. The van der Waals surface area contributed by atoms with Gasteiger partial charge in [0.05, 0.1) is 11.9 Å². The first-order chi connectivity index (χ1) is 9.70. The number of fused-ring (bicyclic) bond motifs is 1. The van der Waals surface area contributed by atoms with Gasteiger partial charge in [0, 0.05) is 18.0 Å². The van der Waals surface area contributed by atoms with Crippen LogP contribution >= 0.6 is 0 Å². The molecular formula is C13H14N4O3. The van der Waals surface area contributed by atoms with Crippen LogP contribution in [0.4, 0.5) is 11.4 Å². The first kappa shape index (κ1) is 12.3. The Kier molecular flexibility index (Phi) is 3.16. The number of benzene rings is 1. The molecular weight excluding hydrogens is 260 g/mol. The van der Waals surface area contributed by atoms with Crippen LogP contribution in [0.1, 0.15) is 0 Å². The van der Waals surface area contributed by atoms with Crippen LogP contribution in [0, 0.1) is 0 Å².